The number of unbranched alkanes of at least 4 members (excludes halogenated alkanes) is 27. The van der Waals surface area contributed by atoms with Crippen molar-refractivity contribution in [1.82, 2.24) is 0 Å². The fourth-order valence-electron chi connectivity index (χ4n) is 6.86. The van der Waals surface area contributed by atoms with Crippen molar-refractivity contribution >= 4 is 17.9 Å². The molecule has 6 heteroatoms. The van der Waals surface area contributed by atoms with Crippen LogP contribution in [0.4, 0.5) is 0 Å². The Labute approximate surface area is 353 Å². The van der Waals surface area contributed by atoms with Gasteiger partial charge in [-0.05, 0) is 70.6 Å². The van der Waals surface area contributed by atoms with Crippen LogP contribution in [0.1, 0.15) is 252 Å². The lowest BCUT2D eigenvalue weighted by Crippen LogP contribution is -2.30. The van der Waals surface area contributed by atoms with Crippen LogP contribution in [0.5, 0.6) is 0 Å². The van der Waals surface area contributed by atoms with Crippen LogP contribution in [0, 0.1) is 0 Å². The largest absolute Gasteiger partial charge is 0.462 e. The number of rotatable bonds is 44. The maximum absolute atomic E-state index is 12.7. The van der Waals surface area contributed by atoms with Gasteiger partial charge in [-0.25, -0.2) is 0 Å². The highest BCUT2D eigenvalue weighted by atomic mass is 16.6. The van der Waals surface area contributed by atoms with Crippen LogP contribution in [0.15, 0.2) is 36.5 Å². The highest BCUT2D eigenvalue weighted by Crippen LogP contribution is 2.15. The average Bonchev–Trinajstić information content (AvgIpc) is 3.21. The van der Waals surface area contributed by atoms with Gasteiger partial charge < -0.3 is 14.2 Å². The summed E-state index contributed by atoms with van der Waals surface area (Å²) in [6, 6.07) is 0. The second-order valence-electron chi connectivity index (χ2n) is 16.4. The molecule has 0 aliphatic heterocycles. The van der Waals surface area contributed by atoms with E-state index in [-0.39, 0.29) is 31.1 Å². The first-order valence-electron chi connectivity index (χ1n) is 24.5. The van der Waals surface area contributed by atoms with Gasteiger partial charge in [-0.15, -0.1) is 0 Å². The SMILES string of the molecule is CCCC/C=C\CCCCCCCC(=O)OC(COC(=O)CCCCCCCCCCC)COC(=O)CCCCCCCCCCC/C=C\C/C=C\CCCCC. The predicted octanol–water partition coefficient (Wildman–Crippen LogP) is 15.8. The molecular weight excluding hydrogens is 709 g/mol. The number of esters is 3. The van der Waals surface area contributed by atoms with Crippen molar-refractivity contribution in [2.45, 2.75) is 258 Å². The second-order valence-corrected chi connectivity index (χ2v) is 16.4. The molecule has 0 N–H and O–H groups in total. The zero-order valence-electron chi connectivity index (χ0n) is 37.9. The Hall–Kier alpha value is -2.37. The molecule has 0 heterocycles. The first kappa shape index (κ1) is 54.6. The molecule has 0 rings (SSSR count). The fraction of sp³-hybridized carbons (Fsp3) is 0.824. The minimum absolute atomic E-state index is 0.0748. The first-order valence-corrected chi connectivity index (χ1v) is 24.5. The summed E-state index contributed by atoms with van der Waals surface area (Å²) in [4.78, 5) is 37.7. The molecule has 0 fully saturated rings. The Bertz CT molecular complexity index is 969. The number of allylic oxidation sites excluding steroid dienone is 6. The molecule has 0 aromatic heterocycles. The zero-order valence-corrected chi connectivity index (χ0v) is 37.9. The van der Waals surface area contributed by atoms with Gasteiger partial charge in [0.05, 0.1) is 0 Å². The number of hydrogen-bond donors (Lipinski definition) is 0. The van der Waals surface area contributed by atoms with Crippen molar-refractivity contribution in [3.05, 3.63) is 36.5 Å². The van der Waals surface area contributed by atoms with Crippen LogP contribution in [-0.2, 0) is 28.6 Å². The molecule has 0 spiro atoms. The van der Waals surface area contributed by atoms with E-state index < -0.39 is 6.10 Å². The molecule has 1 atom stereocenters. The van der Waals surface area contributed by atoms with Crippen LogP contribution in [0.25, 0.3) is 0 Å². The molecule has 0 saturated carbocycles. The van der Waals surface area contributed by atoms with Gasteiger partial charge in [0.25, 0.3) is 0 Å². The lowest BCUT2D eigenvalue weighted by Gasteiger charge is -2.18. The molecule has 0 saturated heterocycles. The van der Waals surface area contributed by atoms with Crippen molar-refractivity contribution in [3.8, 4) is 0 Å². The smallest absolute Gasteiger partial charge is 0.306 e. The molecular formula is C51H92O6. The summed E-state index contributed by atoms with van der Waals surface area (Å²) in [5.41, 5.74) is 0. The molecule has 0 aromatic rings. The summed E-state index contributed by atoms with van der Waals surface area (Å²) in [6.45, 7) is 6.55. The lowest BCUT2D eigenvalue weighted by atomic mass is 10.1. The Morgan fingerprint density at radius 2 is 0.649 bits per heavy atom. The van der Waals surface area contributed by atoms with E-state index in [4.69, 9.17) is 14.2 Å². The molecule has 0 radical (unpaired) electrons. The van der Waals surface area contributed by atoms with Gasteiger partial charge in [-0.3, -0.25) is 14.4 Å². The summed E-state index contributed by atoms with van der Waals surface area (Å²) < 4.78 is 16.7. The van der Waals surface area contributed by atoms with Crippen LogP contribution < -0.4 is 0 Å². The van der Waals surface area contributed by atoms with Gasteiger partial charge in [-0.1, -0.05) is 198 Å². The second kappa shape index (κ2) is 46.3. The molecule has 0 aromatic carbocycles. The number of hydrogen-bond acceptors (Lipinski definition) is 6. The van der Waals surface area contributed by atoms with Gasteiger partial charge in [0, 0.05) is 19.3 Å². The number of carbonyl (C=O) groups is 3. The van der Waals surface area contributed by atoms with Crippen LogP contribution in [-0.4, -0.2) is 37.2 Å². The molecule has 6 nitrogen and oxygen atoms in total. The monoisotopic (exact) mass is 801 g/mol. The minimum Gasteiger partial charge on any atom is -0.462 e. The van der Waals surface area contributed by atoms with Crippen molar-refractivity contribution in [2.75, 3.05) is 13.2 Å². The third-order valence-electron chi connectivity index (χ3n) is 10.6. The fourth-order valence-corrected chi connectivity index (χ4v) is 6.86. The summed E-state index contributed by atoms with van der Waals surface area (Å²) in [5, 5.41) is 0. The third kappa shape index (κ3) is 44.6. The zero-order chi connectivity index (χ0) is 41.5. The van der Waals surface area contributed by atoms with Crippen molar-refractivity contribution in [1.29, 1.82) is 0 Å². The average molecular weight is 801 g/mol. The van der Waals surface area contributed by atoms with Crippen LogP contribution in [0.3, 0.4) is 0 Å². The third-order valence-corrected chi connectivity index (χ3v) is 10.6. The normalized spacial score (nSPS) is 12.3. The van der Waals surface area contributed by atoms with Gasteiger partial charge in [0.1, 0.15) is 13.2 Å². The van der Waals surface area contributed by atoms with E-state index in [1.807, 2.05) is 0 Å². The number of carbonyl (C=O) groups excluding carboxylic acids is 3. The lowest BCUT2D eigenvalue weighted by molar-refractivity contribution is -0.167. The van der Waals surface area contributed by atoms with E-state index >= 15 is 0 Å². The van der Waals surface area contributed by atoms with Crippen LogP contribution in [0.2, 0.25) is 0 Å². The first-order chi connectivity index (χ1) is 28.0. The van der Waals surface area contributed by atoms with Gasteiger partial charge in [0.2, 0.25) is 0 Å². The Morgan fingerprint density at radius 3 is 1.07 bits per heavy atom. The maximum Gasteiger partial charge on any atom is 0.306 e. The van der Waals surface area contributed by atoms with Crippen molar-refractivity contribution < 1.29 is 28.6 Å². The predicted molar refractivity (Wildman–Crippen MR) is 242 cm³/mol. The minimum atomic E-state index is -0.772. The van der Waals surface area contributed by atoms with E-state index in [2.05, 4.69) is 57.2 Å². The van der Waals surface area contributed by atoms with E-state index in [0.717, 1.165) is 77.0 Å². The highest BCUT2D eigenvalue weighted by molar-refractivity contribution is 5.71. The van der Waals surface area contributed by atoms with Crippen molar-refractivity contribution in [3.63, 3.8) is 0 Å². The van der Waals surface area contributed by atoms with E-state index in [9.17, 15) is 14.4 Å². The molecule has 0 aliphatic rings. The van der Waals surface area contributed by atoms with Gasteiger partial charge in [-0.2, -0.15) is 0 Å². The molecule has 0 amide bonds. The molecule has 1 unspecified atom stereocenters. The summed E-state index contributed by atoms with van der Waals surface area (Å²) in [7, 11) is 0. The van der Waals surface area contributed by atoms with Gasteiger partial charge in [0.15, 0.2) is 6.10 Å². The van der Waals surface area contributed by atoms with Crippen LogP contribution >= 0.6 is 0 Å². The molecule has 332 valence electrons. The standard InChI is InChI=1S/C51H92O6/c1-4-7-10-13-16-19-21-22-23-24-25-26-27-28-30-32-35-38-41-44-50(53)56-47-48(46-55-49(52)43-40-37-34-31-18-15-12-9-6-3)57-51(54)45-42-39-36-33-29-20-17-14-11-8-5-2/h14,16-17,19,22-23,48H,4-13,15,18,20-21,24-47H2,1-3H3/b17-14-,19-16-,23-22-. The van der Waals surface area contributed by atoms with Crippen molar-refractivity contribution in [2.24, 2.45) is 0 Å². The summed E-state index contributed by atoms with van der Waals surface area (Å²) in [6.07, 6.45) is 52.7. The molecule has 57 heavy (non-hydrogen) atoms. The molecule has 0 bridgehead atoms. The summed E-state index contributed by atoms with van der Waals surface area (Å²) >= 11 is 0. The maximum atomic E-state index is 12.7. The highest BCUT2D eigenvalue weighted by Gasteiger charge is 2.19. The van der Waals surface area contributed by atoms with E-state index in [0.29, 0.717) is 19.3 Å². The Morgan fingerprint density at radius 1 is 0.351 bits per heavy atom. The Kier molecular flexibility index (Phi) is 44.4. The topological polar surface area (TPSA) is 78.9 Å². The summed E-state index contributed by atoms with van der Waals surface area (Å²) in [5.74, 6) is -0.887. The van der Waals surface area contributed by atoms with E-state index in [1.54, 1.807) is 0 Å². The number of ether oxygens (including phenoxy) is 3. The van der Waals surface area contributed by atoms with E-state index in [1.165, 1.54) is 135 Å². The quantitative estimate of drug-likeness (QED) is 0.0264. The molecule has 0 aliphatic carbocycles. The van der Waals surface area contributed by atoms with Gasteiger partial charge >= 0.3 is 17.9 Å². The Balaban J connectivity index is 4.27.